The third-order valence-electron chi connectivity index (χ3n) is 3.60. The first-order chi connectivity index (χ1) is 9.46. The summed E-state index contributed by atoms with van der Waals surface area (Å²) in [6.45, 7) is 2.58. The van der Waals surface area contributed by atoms with E-state index in [2.05, 4.69) is 16.3 Å². The van der Waals surface area contributed by atoms with Crippen molar-refractivity contribution in [1.82, 2.24) is 10.0 Å². The van der Waals surface area contributed by atoms with Crippen LogP contribution in [-0.4, -0.2) is 33.0 Å². The second-order valence-electron chi connectivity index (χ2n) is 5.15. The van der Waals surface area contributed by atoms with Crippen LogP contribution in [0.25, 0.3) is 0 Å². The quantitative estimate of drug-likeness (QED) is 0.838. The highest BCUT2D eigenvalue weighted by molar-refractivity contribution is 7.99. The Balaban J connectivity index is 2.10. The predicted octanol–water partition coefficient (Wildman–Crippen LogP) is 2.34. The Morgan fingerprint density at radius 3 is 2.80 bits per heavy atom. The Morgan fingerprint density at radius 2 is 2.20 bits per heavy atom. The van der Waals surface area contributed by atoms with Gasteiger partial charge in [0.15, 0.2) is 0 Å². The minimum absolute atomic E-state index is 0.0875. The minimum Gasteiger partial charge on any atom is -0.315 e. The van der Waals surface area contributed by atoms with Gasteiger partial charge in [-0.2, -0.15) is 11.8 Å². The molecule has 1 heterocycles. The molecule has 1 aromatic heterocycles. The van der Waals surface area contributed by atoms with E-state index in [1.54, 1.807) is 17.4 Å². The van der Waals surface area contributed by atoms with Gasteiger partial charge in [0, 0.05) is 27.6 Å². The van der Waals surface area contributed by atoms with Gasteiger partial charge >= 0.3 is 0 Å². The number of sulfonamides is 1. The summed E-state index contributed by atoms with van der Waals surface area (Å²) in [6.07, 6.45) is 5.07. The van der Waals surface area contributed by atoms with Crippen LogP contribution in [0.15, 0.2) is 11.0 Å². The first kappa shape index (κ1) is 16.3. The highest BCUT2D eigenvalue weighted by atomic mass is 32.2. The molecule has 0 amide bonds. The van der Waals surface area contributed by atoms with Gasteiger partial charge in [-0.05, 0) is 45.6 Å². The van der Waals surface area contributed by atoms with Crippen LogP contribution in [0.1, 0.15) is 29.0 Å². The average molecular weight is 335 g/mol. The van der Waals surface area contributed by atoms with Crippen LogP contribution in [-0.2, 0) is 16.6 Å². The molecule has 1 aliphatic rings. The number of hydrogen-bond acceptors (Lipinski definition) is 5. The van der Waals surface area contributed by atoms with Crippen molar-refractivity contribution in [3.05, 3.63) is 15.8 Å². The smallest absolute Gasteiger partial charge is 0.241 e. The van der Waals surface area contributed by atoms with Crippen LogP contribution in [0.5, 0.6) is 0 Å². The molecular weight excluding hydrogens is 312 g/mol. The molecule has 2 unspecified atom stereocenters. The van der Waals surface area contributed by atoms with Gasteiger partial charge in [0.2, 0.25) is 10.0 Å². The summed E-state index contributed by atoms with van der Waals surface area (Å²) in [4.78, 5) is 2.36. The Bertz CT molecular complexity index is 554. The molecule has 0 spiro atoms. The molecule has 0 radical (unpaired) electrons. The first-order valence-electron chi connectivity index (χ1n) is 6.75. The summed E-state index contributed by atoms with van der Waals surface area (Å²) in [5, 5.41) is 3.64. The summed E-state index contributed by atoms with van der Waals surface area (Å²) in [5.74, 6) is 0. The molecule has 1 fully saturated rings. The second kappa shape index (κ2) is 6.79. The van der Waals surface area contributed by atoms with Crippen LogP contribution < -0.4 is 10.0 Å². The maximum atomic E-state index is 12.5. The number of aryl methyl sites for hydroxylation is 1. The molecular formula is C13H22N2O2S3. The lowest BCUT2D eigenvalue weighted by Gasteiger charge is -2.13. The van der Waals surface area contributed by atoms with Crippen molar-refractivity contribution in [2.75, 3.05) is 13.3 Å². The zero-order valence-electron chi connectivity index (χ0n) is 12.1. The van der Waals surface area contributed by atoms with E-state index < -0.39 is 10.0 Å². The van der Waals surface area contributed by atoms with Crippen molar-refractivity contribution >= 4 is 33.1 Å². The minimum atomic E-state index is -3.38. The van der Waals surface area contributed by atoms with Crippen molar-refractivity contribution in [2.24, 2.45) is 0 Å². The predicted molar refractivity (Wildman–Crippen MR) is 87.1 cm³/mol. The Labute approximate surface area is 129 Å². The molecule has 0 aliphatic heterocycles. The lowest BCUT2D eigenvalue weighted by atomic mass is 10.3. The fourth-order valence-electron chi connectivity index (χ4n) is 2.60. The first-order valence-corrected chi connectivity index (χ1v) is 10.3. The van der Waals surface area contributed by atoms with Crippen molar-refractivity contribution in [3.8, 4) is 0 Å². The summed E-state index contributed by atoms with van der Waals surface area (Å²) in [5.41, 5.74) is 0. The Morgan fingerprint density at radius 1 is 1.45 bits per heavy atom. The normalized spacial score (nSPS) is 23.4. The third kappa shape index (κ3) is 3.76. The summed E-state index contributed by atoms with van der Waals surface area (Å²) in [7, 11) is -1.52. The van der Waals surface area contributed by atoms with Crippen LogP contribution in [0, 0.1) is 6.92 Å². The summed E-state index contributed by atoms with van der Waals surface area (Å²) < 4.78 is 27.9. The molecule has 1 saturated carbocycles. The fourth-order valence-corrected chi connectivity index (χ4v) is 6.32. The molecule has 0 saturated heterocycles. The molecule has 7 heteroatoms. The van der Waals surface area contributed by atoms with Crippen molar-refractivity contribution < 1.29 is 8.42 Å². The van der Waals surface area contributed by atoms with Gasteiger partial charge in [0.1, 0.15) is 0 Å². The number of rotatable bonds is 6. The molecule has 1 aromatic rings. The molecule has 4 nitrogen and oxygen atoms in total. The molecule has 0 bridgehead atoms. The number of nitrogens with one attached hydrogen (secondary N) is 2. The standard InChI is InChI=1S/C13H22N2O2S3/c1-9-13(7-12(19-9)8-14-2)20(16,17)15-10-4-5-11(6-10)18-3/h7,10-11,14-15H,4-6,8H2,1-3H3. The lowest BCUT2D eigenvalue weighted by molar-refractivity contribution is 0.552. The van der Waals surface area contributed by atoms with E-state index in [-0.39, 0.29) is 6.04 Å². The van der Waals surface area contributed by atoms with Gasteiger partial charge < -0.3 is 5.32 Å². The van der Waals surface area contributed by atoms with E-state index in [1.165, 1.54) is 0 Å². The van der Waals surface area contributed by atoms with Crippen LogP contribution in [0.3, 0.4) is 0 Å². The van der Waals surface area contributed by atoms with E-state index in [9.17, 15) is 8.42 Å². The fraction of sp³-hybridized carbons (Fsp3) is 0.692. The van der Waals surface area contributed by atoms with E-state index >= 15 is 0 Å². The van der Waals surface area contributed by atoms with Crippen molar-refractivity contribution in [2.45, 2.75) is 48.9 Å². The van der Waals surface area contributed by atoms with E-state index in [4.69, 9.17) is 0 Å². The maximum Gasteiger partial charge on any atom is 0.241 e. The zero-order valence-corrected chi connectivity index (χ0v) is 14.6. The highest BCUT2D eigenvalue weighted by Gasteiger charge is 2.29. The van der Waals surface area contributed by atoms with E-state index in [0.29, 0.717) is 16.7 Å². The Hall–Kier alpha value is -0.0800. The maximum absolute atomic E-state index is 12.5. The third-order valence-corrected chi connectivity index (χ3v) is 7.52. The van der Waals surface area contributed by atoms with Crippen LogP contribution in [0.2, 0.25) is 0 Å². The SMILES string of the molecule is CNCc1cc(S(=O)(=O)NC2CCC(SC)C2)c(C)s1. The van der Waals surface area contributed by atoms with Crippen molar-refractivity contribution in [1.29, 1.82) is 0 Å². The number of thioether (sulfide) groups is 1. The van der Waals surface area contributed by atoms with Gasteiger partial charge in [-0.25, -0.2) is 13.1 Å². The topological polar surface area (TPSA) is 58.2 Å². The number of hydrogen-bond donors (Lipinski definition) is 2. The van der Waals surface area contributed by atoms with Gasteiger partial charge in [0.05, 0.1) is 4.90 Å². The highest BCUT2D eigenvalue weighted by Crippen LogP contribution is 2.31. The molecule has 2 atom stereocenters. The summed E-state index contributed by atoms with van der Waals surface area (Å²) in [6, 6.07) is 1.88. The largest absolute Gasteiger partial charge is 0.315 e. The average Bonchev–Trinajstić information content (AvgIpc) is 2.96. The molecule has 114 valence electrons. The molecule has 20 heavy (non-hydrogen) atoms. The van der Waals surface area contributed by atoms with Crippen LogP contribution >= 0.6 is 23.1 Å². The zero-order chi connectivity index (χ0) is 14.8. The molecule has 0 aromatic carbocycles. The monoisotopic (exact) mass is 334 g/mol. The lowest BCUT2D eigenvalue weighted by Crippen LogP contribution is -2.33. The van der Waals surface area contributed by atoms with Gasteiger partial charge in [-0.15, -0.1) is 11.3 Å². The van der Waals surface area contributed by atoms with Crippen molar-refractivity contribution in [3.63, 3.8) is 0 Å². The molecule has 2 N–H and O–H groups in total. The van der Waals surface area contributed by atoms with Gasteiger partial charge in [0.25, 0.3) is 0 Å². The van der Waals surface area contributed by atoms with Gasteiger partial charge in [-0.1, -0.05) is 0 Å². The summed E-state index contributed by atoms with van der Waals surface area (Å²) >= 11 is 3.37. The van der Waals surface area contributed by atoms with E-state index in [1.807, 2.05) is 25.7 Å². The molecule has 1 aliphatic carbocycles. The van der Waals surface area contributed by atoms with Crippen LogP contribution in [0.4, 0.5) is 0 Å². The van der Waals surface area contributed by atoms with Gasteiger partial charge in [-0.3, -0.25) is 0 Å². The Kier molecular flexibility index (Phi) is 5.53. The number of thiophene rings is 1. The van der Waals surface area contributed by atoms with E-state index in [0.717, 1.165) is 29.0 Å². The molecule has 2 rings (SSSR count). The second-order valence-corrected chi connectivity index (χ2v) is 9.31.